The molecule has 1 rings (SSSR count). The lowest BCUT2D eigenvalue weighted by atomic mass is 10.1. The molecule has 0 unspecified atom stereocenters. The Labute approximate surface area is 97.8 Å². The Morgan fingerprint density at radius 2 is 1.88 bits per heavy atom. The number of hydrogen-bond donors (Lipinski definition) is 1. The second-order valence-electron chi connectivity index (χ2n) is 3.51. The van der Waals surface area contributed by atoms with Crippen molar-refractivity contribution < 1.29 is 18.4 Å². The first-order chi connectivity index (χ1) is 8.04. The minimum absolute atomic E-state index is 0.0170. The van der Waals surface area contributed by atoms with E-state index < -0.39 is 11.6 Å². The molecule has 0 aromatic heterocycles. The molecule has 0 aliphatic carbocycles. The third kappa shape index (κ3) is 3.94. The van der Waals surface area contributed by atoms with Gasteiger partial charge in [0.1, 0.15) is 0 Å². The first-order valence-corrected chi connectivity index (χ1v) is 5.29. The van der Waals surface area contributed by atoms with Gasteiger partial charge in [-0.3, -0.25) is 9.59 Å². The van der Waals surface area contributed by atoms with Crippen LogP contribution in [0.15, 0.2) is 18.2 Å². The quantitative estimate of drug-likeness (QED) is 0.802. The Morgan fingerprint density at radius 3 is 2.47 bits per heavy atom. The van der Waals surface area contributed by atoms with E-state index in [0.717, 1.165) is 12.1 Å². The number of halogens is 2. The van der Waals surface area contributed by atoms with E-state index in [1.807, 2.05) is 0 Å². The van der Waals surface area contributed by atoms with Gasteiger partial charge >= 0.3 is 0 Å². The van der Waals surface area contributed by atoms with Crippen molar-refractivity contribution in [2.75, 3.05) is 6.54 Å². The maximum Gasteiger partial charge on any atom is 0.220 e. The number of nitrogens with one attached hydrogen (secondary N) is 1. The van der Waals surface area contributed by atoms with Crippen molar-refractivity contribution in [1.29, 1.82) is 0 Å². The van der Waals surface area contributed by atoms with Crippen LogP contribution >= 0.6 is 0 Å². The Morgan fingerprint density at radius 1 is 1.18 bits per heavy atom. The van der Waals surface area contributed by atoms with E-state index >= 15 is 0 Å². The smallest absolute Gasteiger partial charge is 0.220 e. The predicted molar refractivity (Wildman–Crippen MR) is 58.6 cm³/mol. The number of rotatable bonds is 5. The maximum atomic E-state index is 12.9. The van der Waals surface area contributed by atoms with Gasteiger partial charge in [-0.05, 0) is 25.1 Å². The van der Waals surface area contributed by atoms with Gasteiger partial charge < -0.3 is 5.32 Å². The molecule has 0 heterocycles. The molecule has 0 spiro atoms. The van der Waals surface area contributed by atoms with Crippen molar-refractivity contribution in [2.45, 2.75) is 19.8 Å². The summed E-state index contributed by atoms with van der Waals surface area (Å²) in [5.74, 6) is -2.67. The van der Waals surface area contributed by atoms with E-state index in [0.29, 0.717) is 6.54 Å². The SMILES string of the molecule is CCNC(=O)CCC(=O)c1ccc(F)c(F)c1. The molecule has 0 atom stereocenters. The lowest BCUT2D eigenvalue weighted by molar-refractivity contribution is -0.120. The van der Waals surface area contributed by atoms with Gasteiger partial charge in [-0.2, -0.15) is 0 Å². The van der Waals surface area contributed by atoms with Gasteiger partial charge in [0.05, 0.1) is 0 Å². The van der Waals surface area contributed by atoms with Crippen molar-refractivity contribution in [3.05, 3.63) is 35.4 Å². The highest BCUT2D eigenvalue weighted by molar-refractivity contribution is 5.97. The van der Waals surface area contributed by atoms with Gasteiger partial charge in [0.2, 0.25) is 5.91 Å². The van der Waals surface area contributed by atoms with Crippen LogP contribution < -0.4 is 5.32 Å². The number of carbonyl (C=O) groups is 2. The van der Waals surface area contributed by atoms with Crippen molar-refractivity contribution in [3.8, 4) is 0 Å². The third-order valence-electron chi connectivity index (χ3n) is 2.19. The second-order valence-corrected chi connectivity index (χ2v) is 3.51. The summed E-state index contributed by atoms with van der Waals surface area (Å²) in [5, 5.41) is 2.55. The molecule has 0 fully saturated rings. The van der Waals surface area contributed by atoms with Crippen LogP contribution in [0.3, 0.4) is 0 Å². The molecule has 92 valence electrons. The summed E-state index contributed by atoms with van der Waals surface area (Å²) in [6.45, 7) is 2.27. The fourth-order valence-electron chi connectivity index (χ4n) is 1.33. The molecule has 17 heavy (non-hydrogen) atoms. The lowest BCUT2D eigenvalue weighted by Crippen LogP contribution is -2.23. The maximum absolute atomic E-state index is 12.9. The molecule has 1 aromatic rings. The minimum atomic E-state index is -1.06. The zero-order valence-corrected chi connectivity index (χ0v) is 9.43. The molecular formula is C12H13F2NO2. The normalized spacial score (nSPS) is 10.1. The van der Waals surface area contributed by atoms with Gasteiger partial charge in [-0.1, -0.05) is 0 Å². The molecule has 0 aliphatic heterocycles. The van der Waals surface area contributed by atoms with Gasteiger partial charge in [0.25, 0.3) is 0 Å². The van der Waals surface area contributed by atoms with E-state index in [1.165, 1.54) is 6.07 Å². The molecular weight excluding hydrogens is 228 g/mol. The van der Waals surface area contributed by atoms with Crippen LogP contribution in [-0.2, 0) is 4.79 Å². The number of hydrogen-bond acceptors (Lipinski definition) is 2. The number of benzene rings is 1. The molecule has 1 amide bonds. The zero-order valence-electron chi connectivity index (χ0n) is 9.43. The largest absolute Gasteiger partial charge is 0.356 e. The van der Waals surface area contributed by atoms with Gasteiger partial charge in [0.15, 0.2) is 17.4 Å². The topological polar surface area (TPSA) is 46.2 Å². The van der Waals surface area contributed by atoms with E-state index in [4.69, 9.17) is 0 Å². The average molecular weight is 241 g/mol. The van der Waals surface area contributed by atoms with Crippen molar-refractivity contribution in [3.63, 3.8) is 0 Å². The van der Waals surface area contributed by atoms with Gasteiger partial charge in [-0.25, -0.2) is 8.78 Å². The number of carbonyl (C=O) groups excluding carboxylic acids is 2. The molecule has 0 radical (unpaired) electrons. The number of Topliss-reactive ketones (excluding diaryl/α,β-unsaturated/α-hetero) is 1. The number of ketones is 1. The molecule has 0 saturated carbocycles. The Balaban J connectivity index is 2.58. The molecule has 0 saturated heterocycles. The van der Waals surface area contributed by atoms with Crippen LogP contribution in [0.25, 0.3) is 0 Å². The van der Waals surface area contributed by atoms with E-state index in [1.54, 1.807) is 6.92 Å². The summed E-state index contributed by atoms with van der Waals surface area (Å²) >= 11 is 0. The van der Waals surface area contributed by atoms with Crippen LogP contribution in [0.5, 0.6) is 0 Å². The van der Waals surface area contributed by atoms with Crippen LogP contribution in [0.4, 0.5) is 8.78 Å². The van der Waals surface area contributed by atoms with Crippen molar-refractivity contribution >= 4 is 11.7 Å². The fraction of sp³-hybridized carbons (Fsp3) is 0.333. The van der Waals surface area contributed by atoms with Gasteiger partial charge in [0, 0.05) is 24.9 Å². The molecule has 3 nitrogen and oxygen atoms in total. The predicted octanol–water partition coefficient (Wildman–Crippen LogP) is 2.06. The molecule has 5 heteroatoms. The van der Waals surface area contributed by atoms with E-state index in [2.05, 4.69) is 5.32 Å². The van der Waals surface area contributed by atoms with Crippen LogP contribution in [0.2, 0.25) is 0 Å². The highest BCUT2D eigenvalue weighted by atomic mass is 19.2. The third-order valence-corrected chi connectivity index (χ3v) is 2.19. The summed E-state index contributed by atoms with van der Waals surface area (Å²) in [4.78, 5) is 22.7. The van der Waals surface area contributed by atoms with Crippen LogP contribution in [0.1, 0.15) is 30.1 Å². The lowest BCUT2D eigenvalue weighted by Gasteiger charge is -2.02. The van der Waals surface area contributed by atoms with E-state index in [-0.39, 0.29) is 30.1 Å². The van der Waals surface area contributed by atoms with Crippen molar-refractivity contribution in [1.82, 2.24) is 5.32 Å². The summed E-state index contributed by atoms with van der Waals surface area (Å²) in [6.07, 6.45) is 0.0303. The first-order valence-electron chi connectivity index (χ1n) is 5.29. The Bertz CT molecular complexity index is 433. The molecule has 1 aromatic carbocycles. The molecule has 0 aliphatic rings. The second kappa shape index (κ2) is 6.08. The first kappa shape index (κ1) is 13.3. The van der Waals surface area contributed by atoms with Gasteiger partial charge in [-0.15, -0.1) is 0 Å². The molecule has 0 bridgehead atoms. The zero-order chi connectivity index (χ0) is 12.8. The fourth-order valence-corrected chi connectivity index (χ4v) is 1.33. The van der Waals surface area contributed by atoms with Crippen LogP contribution in [-0.4, -0.2) is 18.2 Å². The Kier molecular flexibility index (Phi) is 4.75. The highest BCUT2D eigenvalue weighted by Gasteiger charge is 2.11. The number of amides is 1. The summed E-state index contributed by atoms with van der Waals surface area (Å²) < 4.78 is 25.5. The summed E-state index contributed by atoms with van der Waals surface area (Å²) in [6, 6.07) is 2.95. The Hall–Kier alpha value is -1.78. The summed E-state index contributed by atoms with van der Waals surface area (Å²) in [5.41, 5.74) is 0.0770. The van der Waals surface area contributed by atoms with E-state index in [9.17, 15) is 18.4 Å². The standard InChI is InChI=1S/C12H13F2NO2/c1-2-15-12(17)6-5-11(16)8-3-4-9(13)10(14)7-8/h3-4,7H,2,5-6H2,1H3,(H,15,17). The molecule has 1 N–H and O–H groups in total. The monoisotopic (exact) mass is 241 g/mol. The average Bonchev–Trinajstić information content (AvgIpc) is 2.30. The highest BCUT2D eigenvalue weighted by Crippen LogP contribution is 2.11. The van der Waals surface area contributed by atoms with Crippen molar-refractivity contribution in [2.24, 2.45) is 0 Å². The van der Waals surface area contributed by atoms with Crippen LogP contribution in [0, 0.1) is 11.6 Å². The summed E-state index contributed by atoms with van der Waals surface area (Å²) in [7, 11) is 0. The minimum Gasteiger partial charge on any atom is -0.356 e.